The van der Waals surface area contributed by atoms with Gasteiger partial charge in [0.05, 0.1) is 18.3 Å². The molecule has 0 aromatic carbocycles. The van der Waals surface area contributed by atoms with Gasteiger partial charge >= 0.3 is 0 Å². The Morgan fingerprint density at radius 2 is 2.12 bits per heavy atom. The lowest BCUT2D eigenvalue weighted by molar-refractivity contribution is -0.118. The van der Waals surface area contributed by atoms with Gasteiger partial charge in [-0.25, -0.2) is 9.97 Å². The SMILES string of the molecule is CNC(=O)CNc1cnc2[nH]cc(C(=O)NCC(C)(C)CO)c2n1. The second-order valence-electron chi connectivity index (χ2n) is 6.19. The molecule has 0 saturated heterocycles. The van der Waals surface area contributed by atoms with Gasteiger partial charge in [0.15, 0.2) is 5.65 Å². The lowest BCUT2D eigenvalue weighted by atomic mass is 9.95. The van der Waals surface area contributed by atoms with Crippen molar-refractivity contribution < 1.29 is 14.7 Å². The minimum atomic E-state index is -0.409. The third kappa shape index (κ3) is 4.19. The summed E-state index contributed by atoms with van der Waals surface area (Å²) in [6.45, 7) is 4.06. The quantitative estimate of drug-likeness (QED) is 0.479. The molecule has 0 spiro atoms. The van der Waals surface area contributed by atoms with Crippen molar-refractivity contribution in [3.8, 4) is 0 Å². The Bertz CT molecular complexity index is 740. The van der Waals surface area contributed by atoms with E-state index >= 15 is 0 Å². The van der Waals surface area contributed by atoms with Crippen LogP contribution in [0, 0.1) is 5.41 Å². The first-order valence-corrected chi connectivity index (χ1v) is 7.54. The van der Waals surface area contributed by atoms with E-state index < -0.39 is 5.41 Å². The Balaban J connectivity index is 2.15. The largest absolute Gasteiger partial charge is 0.396 e. The molecule has 24 heavy (non-hydrogen) atoms. The summed E-state index contributed by atoms with van der Waals surface area (Å²) in [4.78, 5) is 35.0. The van der Waals surface area contributed by atoms with Crippen LogP contribution in [-0.2, 0) is 4.79 Å². The molecule has 0 atom stereocenters. The number of fused-ring (bicyclic) bond motifs is 1. The number of aliphatic hydroxyl groups excluding tert-OH is 1. The number of hydrogen-bond acceptors (Lipinski definition) is 6. The maximum atomic E-state index is 12.3. The topological polar surface area (TPSA) is 132 Å². The second-order valence-corrected chi connectivity index (χ2v) is 6.19. The van der Waals surface area contributed by atoms with Gasteiger partial charge in [0.2, 0.25) is 5.91 Å². The zero-order chi connectivity index (χ0) is 17.7. The van der Waals surface area contributed by atoms with Crippen LogP contribution in [0.5, 0.6) is 0 Å². The van der Waals surface area contributed by atoms with Crippen LogP contribution in [0.3, 0.4) is 0 Å². The first-order valence-electron chi connectivity index (χ1n) is 7.54. The van der Waals surface area contributed by atoms with E-state index in [2.05, 4.69) is 30.9 Å². The highest BCUT2D eigenvalue weighted by atomic mass is 16.3. The van der Waals surface area contributed by atoms with Crippen molar-refractivity contribution in [1.29, 1.82) is 0 Å². The number of nitrogens with one attached hydrogen (secondary N) is 4. The molecule has 9 heteroatoms. The molecule has 9 nitrogen and oxygen atoms in total. The van der Waals surface area contributed by atoms with Crippen molar-refractivity contribution in [2.45, 2.75) is 13.8 Å². The minimum Gasteiger partial charge on any atom is -0.396 e. The van der Waals surface area contributed by atoms with Crippen LogP contribution < -0.4 is 16.0 Å². The van der Waals surface area contributed by atoms with Crippen LogP contribution in [-0.4, -0.2) is 58.6 Å². The normalized spacial score (nSPS) is 11.3. The molecule has 2 rings (SSSR count). The fourth-order valence-electron chi connectivity index (χ4n) is 1.88. The molecule has 2 aromatic rings. The summed E-state index contributed by atoms with van der Waals surface area (Å²) in [6, 6.07) is 0. The molecule has 0 aliphatic heterocycles. The highest BCUT2D eigenvalue weighted by molar-refractivity contribution is 6.04. The molecule has 0 aliphatic carbocycles. The summed E-state index contributed by atoms with van der Waals surface area (Å²) in [6.07, 6.45) is 3.02. The number of carbonyl (C=O) groups is 2. The number of aromatic amines is 1. The Morgan fingerprint density at radius 1 is 1.38 bits per heavy atom. The van der Waals surface area contributed by atoms with Gasteiger partial charge < -0.3 is 26.0 Å². The third-order valence-electron chi connectivity index (χ3n) is 3.49. The Labute approximate surface area is 139 Å². The monoisotopic (exact) mass is 334 g/mol. The predicted octanol–water partition coefficient (Wildman–Crippen LogP) is -0.136. The van der Waals surface area contributed by atoms with Gasteiger partial charge in [-0.3, -0.25) is 9.59 Å². The molecule has 0 aliphatic rings. The average molecular weight is 334 g/mol. The molecule has 0 saturated carbocycles. The van der Waals surface area contributed by atoms with E-state index in [1.807, 2.05) is 13.8 Å². The number of nitrogens with zero attached hydrogens (tertiary/aromatic N) is 2. The van der Waals surface area contributed by atoms with Gasteiger partial charge in [-0.05, 0) is 0 Å². The molecule has 0 fully saturated rings. The van der Waals surface area contributed by atoms with Crippen LogP contribution in [0.25, 0.3) is 11.2 Å². The standard InChI is InChI=1S/C15H22N6O3/c1-15(2,8-22)7-20-14(24)9-4-18-13-12(9)21-10(5-19-13)17-6-11(23)16-3/h4-5,22H,6-8H2,1-3H3,(H,16,23)(H,17,21)(H,18,19)(H,20,24). The Morgan fingerprint density at radius 3 is 2.79 bits per heavy atom. The second kappa shape index (κ2) is 7.26. The van der Waals surface area contributed by atoms with Crippen LogP contribution in [0.1, 0.15) is 24.2 Å². The number of aromatic nitrogens is 3. The van der Waals surface area contributed by atoms with Gasteiger partial charge in [0, 0.05) is 31.8 Å². The van der Waals surface area contributed by atoms with Crippen molar-refractivity contribution in [1.82, 2.24) is 25.6 Å². The summed E-state index contributed by atoms with van der Waals surface area (Å²) in [5, 5.41) is 17.4. The van der Waals surface area contributed by atoms with E-state index in [-0.39, 0.29) is 25.0 Å². The van der Waals surface area contributed by atoms with Gasteiger partial charge in [-0.1, -0.05) is 13.8 Å². The Hall–Kier alpha value is -2.68. The minimum absolute atomic E-state index is 0.0332. The van der Waals surface area contributed by atoms with Crippen molar-refractivity contribution in [2.24, 2.45) is 5.41 Å². The van der Waals surface area contributed by atoms with Crippen LogP contribution in [0.2, 0.25) is 0 Å². The smallest absolute Gasteiger partial charge is 0.255 e. The van der Waals surface area contributed by atoms with E-state index in [1.165, 1.54) is 12.4 Å². The first kappa shape index (κ1) is 17.7. The number of likely N-dealkylation sites (N-methyl/N-ethyl adjacent to an activating group) is 1. The van der Waals surface area contributed by atoms with Crippen LogP contribution in [0.4, 0.5) is 5.82 Å². The number of H-pyrrole nitrogens is 1. The number of rotatable bonds is 7. The van der Waals surface area contributed by atoms with Crippen molar-refractivity contribution in [2.75, 3.05) is 32.1 Å². The van der Waals surface area contributed by atoms with Gasteiger partial charge in [0.25, 0.3) is 5.91 Å². The van der Waals surface area contributed by atoms with Gasteiger partial charge in [-0.2, -0.15) is 0 Å². The zero-order valence-electron chi connectivity index (χ0n) is 13.9. The summed E-state index contributed by atoms with van der Waals surface area (Å²) < 4.78 is 0. The van der Waals surface area contributed by atoms with Crippen molar-refractivity contribution >= 4 is 28.8 Å². The van der Waals surface area contributed by atoms with E-state index in [0.29, 0.717) is 29.1 Å². The summed E-state index contributed by atoms with van der Waals surface area (Å²) in [5.41, 5.74) is 0.839. The maximum absolute atomic E-state index is 12.3. The first-order chi connectivity index (χ1) is 11.4. The lowest BCUT2D eigenvalue weighted by Crippen LogP contribution is -2.36. The Kier molecular flexibility index (Phi) is 5.35. The average Bonchev–Trinajstić information content (AvgIpc) is 3.00. The van der Waals surface area contributed by atoms with Gasteiger partial charge in [-0.15, -0.1) is 0 Å². The van der Waals surface area contributed by atoms with Crippen molar-refractivity contribution in [3.05, 3.63) is 18.0 Å². The number of hydrogen-bond donors (Lipinski definition) is 5. The predicted molar refractivity (Wildman–Crippen MR) is 89.6 cm³/mol. The lowest BCUT2D eigenvalue weighted by Gasteiger charge is -2.21. The molecule has 2 aromatic heterocycles. The molecular formula is C15H22N6O3. The fraction of sp³-hybridized carbons (Fsp3) is 0.467. The number of aliphatic hydroxyl groups is 1. The molecule has 5 N–H and O–H groups in total. The van der Waals surface area contributed by atoms with Crippen LogP contribution in [0.15, 0.2) is 12.4 Å². The van der Waals surface area contributed by atoms with E-state index in [9.17, 15) is 14.7 Å². The number of anilines is 1. The fourth-order valence-corrected chi connectivity index (χ4v) is 1.88. The molecule has 0 radical (unpaired) electrons. The molecule has 0 bridgehead atoms. The molecule has 130 valence electrons. The zero-order valence-corrected chi connectivity index (χ0v) is 13.9. The molecule has 2 heterocycles. The van der Waals surface area contributed by atoms with E-state index in [4.69, 9.17) is 0 Å². The third-order valence-corrected chi connectivity index (χ3v) is 3.49. The highest BCUT2D eigenvalue weighted by Crippen LogP contribution is 2.17. The van der Waals surface area contributed by atoms with E-state index in [1.54, 1.807) is 7.05 Å². The van der Waals surface area contributed by atoms with Crippen LogP contribution >= 0.6 is 0 Å². The van der Waals surface area contributed by atoms with Crippen molar-refractivity contribution in [3.63, 3.8) is 0 Å². The van der Waals surface area contributed by atoms with E-state index in [0.717, 1.165) is 0 Å². The molecule has 2 amide bonds. The summed E-state index contributed by atoms with van der Waals surface area (Å²) in [5.74, 6) is -0.0915. The maximum Gasteiger partial charge on any atom is 0.255 e. The molecule has 0 unspecified atom stereocenters. The molecular weight excluding hydrogens is 312 g/mol. The number of amides is 2. The summed E-state index contributed by atoms with van der Waals surface area (Å²) >= 11 is 0. The summed E-state index contributed by atoms with van der Waals surface area (Å²) in [7, 11) is 1.54. The number of carbonyl (C=O) groups excluding carboxylic acids is 2. The highest BCUT2D eigenvalue weighted by Gasteiger charge is 2.20. The van der Waals surface area contributed by atoms with Gasteiger partial charge in [0.1, 0.15) is 11.3 Å².